The first kappa shape index (κ1) is 15.6. The second-order valence-corrected chi connectivity index (χ2v) is 3.79. The van der Waals surface area contributed by atoms with Gasteiger partial charge in [0.15, 0.2) is 6.04 Å². The summed E-state index contributed by atoms with van der Waals surface area (Å²) >= 11 is 0. The molecule has 0 aliphatic carbocycles. The van der Waals surface area contributed by atoms with Crippen LogP contribution in [0.4, 0.5) is 13.6 Å². The Balaban J connectivity index is 2.93. The minimum atomic E-state index is -3.78. The van der Waals surface area contributed by atoms with Crippen molar-refractivity contribution in [2.45, 2.75) is 12.0 Å². The van der Waals surface area contributed by atoms with E-state index < -0.39 is 29.6 Å². The van der Waals surface area contributed by atoms with Crippen LogP contribution >= 0.6 is 0 Å². The van der Waals surface area contributed by atoms with E-state index in [1.807, 2.05) is 0 Å². The van der Waals surface area contributed by atoms with Crippen molar-refractivity contribution in [3.05, 3.63) is 48.6 Å². The molecule has 0 fully saturated rings. The van der Waals surface area contributed by atoms with Crippen molar-refractivity contribution in [1.29, 1.82) is 0 Å². The molecular formula is C13H13F2NO4. The van der Waals surface area contributed by atoms with E-state index in [2.05, 4.69) is 11.3 Å². The predicted octanol–water partition coefficient (Wildman–Crippen LogP) is 2.14. The van der Waals surface area contributed by atoms with Crippen LogP contribution in [0.15, 0.2) is 43.0 Å². The Morgan fingerprint density at radius 1 is 1.40 bits per heavy atom. The van der Waals surface area contributed by atoms with E-state index in [9.17, 15) is 18.4 Å². The Kier molecular flexibility index (Phi) is 5.19. The number of carbonyl (C=O) groups is 2. The Hall–Kier alpha value is -2.44. The number of carboxylic acids is 1. The topological polar surface area (TPSA) is 75.6 Å². The lowest BCUT2D eigenvalue weighted by atomic mass is 10.0. The van der Waals surface area contributed by atoms with Crippen molar-refractivity contribution in [1.82, 2.24) is 5.32 Å². The minimum absolute atomic E-state index is 0.213. The Labute approximate surface area is 113 Å². The molecule has 108 valence electrons. The van der Waals surface area contributed by atoms with E-state index in [0.29, 0.717) is 0 Å². The van der Waals surface area contributed by atoms with E-state index in [1.54, 1.807) is 5.32 Å². The highest BCUT2D eigenvalue weighted by Gasteiger charge is 2.47. The van der Waals surface area contributed by atoms with Crippen LogP contribution in [0.25, 0.3) is 0 Å². The summed E-state index contributed by atoms with van der Waals surface area (Å²) in [4.78, 5) is 22.2. The number of amides is 1. The number of halogens is 2. The summed E-state index contributed by atoms with van der Waals surface area (Å²) in [5.74, 6) is -5.64. The van der Waals surface area contributed by atoms with E-state index in [0.717, 1.165) is 12.1 Å². The Morgan fingerprint density at radius 2 is 2.00 bits per heavy atom. The fourth-order valence-electron chi connectivity index (χ4n) is 1.43. The summed E-state index contributed by atoms with van der Waals surface area (Å²) in [5.41, 5.74) is -0.517. The second kappa shape index (κ2) is 6.65. The number of hydrogen-bond donors (Lipinski definition) is 2. The molecular weight excluding hydrogens is 272 g/mol. The molecule has 20 heavy (non-hydrogen) atoms. The highest BCUT2D eigenvalue weighted by atomic mass is 19.3. The molecule has 0 heterocycles. The molecule has 1 aromatic rings. The number of alkyl carbamates (subject to hydrolysis) is 1. The summed E-state index contributed by atoms with van der Waals surface area (Å²) in [5, 5.41) is 10.5. The van der Waals surface area contributed by atoms with Crippen molar-refractivity contribution in [3.8, 4) is 0 Å². The van der Waals surface area contributed by atoms with Gasteiger partial charge >= 0.3 is 18.0 Å². The third-order valence-electron chi connectivity index (χ3n) is 2.36. The molecule has 0 saturated heterocycles. The van der Waals surface area contributed by atoms with Crippen molar-refractivity contribution >= 4 is 12.1 Å². The predicted molar refractivity (Wildman–Crippen MR) is 66.4 cm³/mol. The number of alkyl halides is 2. The van der Waals surface area contributed by atoms with Gasteiger partial charge in [-0.2, -0.15) is 8.78 Å². The maximum absolute atomic E-state index is 14.1. The Bertz CT molecular complexity index is 490. The zero-order chi connectivity index (χ0) is 15.2. The number of benzene rings is 1. The van der Waals surface area contributed by atoms with E-state index in [-0.39, 0.29) is 6.61 Å². The molecule has 0 aliphatic heterocycles. The van der Waals surface area contributed by atoms with Crippen molar-refractivity contribution in [2.24, 2.45) is 0 Å². The van der Waals surface area contributed by atoms with Crippen LogP contribution < -0.4 is 5.32 Å². The number of nitrogens with one attached hydrogen (secondary N) is 1. The second-order valence-electron chi connectivity index (χ2n) is 3.79. The lowest BCUT2D eigenvalue weighted by molar-refractivity contribution is -0.151. The molecule has 2 N–H and O–H groups in total. The van der Waals surface area contributed by atoms with Crippen LogP contribution in [0.1, 0.15) is 5.56 Å². The molecule has 7 heteroatoms. The molecule has 1 aromatic carbocycles. The van der Waals surface area contributed by atoms with Gasteiger partial charge < -0.3 is 15.2 Å². The van der Waals surface area contributed by atoms with Crippen LogP contribution in [-0.4, -0.2) is 29.8 Å². The Morgan fingerprint density at radius 3 is 2.50 bits per heavy atom. The molecule has 0 radical (unpaired) electrons. The monoisotopic (exact) mass is 285 g/mol. The lowest BCUT2D eigenvalue weighted by Gasteiger charge is -2.24. The van der Waals surface area contributed by atoms with Gasteiger partial charge in [0, 0.05) is 5.56 Å². The molecule has 0 spiro atoms. The van der Waals surface area contributed by atoms with Gasteiger partial charge in [-0.15, -0.1) is 0 Å². The molecule has 0 saturated carbocycles. The third-order valence-corrected chi connectivity index (χ3v) is 2.36. The number of carboxylic acid groups (broad SMARTS) is 1. The van der Waals surface area contributed by atoms with Crippen LogP contribution in [0.5, 0.6) is 0 Å². The highest BCUT2D eigenvalue weighted by Crippen LogP contribution is 2.31. The van der Waals surface area contributed by atoms with E-state index >= 15 is 0 Å². The van der Waals surface area contributed by atoms with Gasteiger partial charge in [-0.3, -0.25) is 0 Å². The van der Waals surface area contributed by atoms with Gasteiger partial charge in [-0.05, 0) is 0 Å². The maximum Gasteiger partial charge on any atom is 0.408 e. The summed E-state index contributed by atoms with van der Waals surface area (Å²) in [6, 6.07) is 3.93. The number of ether oxygens (including phenoxy) is 1. The van der Waals surface area contributed by atoms with Crippen LogP contribution in [0.2, 0.25) is 0 Å². The molecule has 1 amide bonds. The first-order valence-electron chi connectivity index (χ1n) is 5.60. The number of hydrogen-bond acceptors (Lipinski definition) is 3. The molecule has 1 atom stereocenters. The molecule has 0 unspecified atom stereocenters. The standard InChI is InChI=1S/C13H13F2NO4/c1-2-8-20-12(19)16-10(11(17)18)13(14,15)9-6-4-3-5-7-9/h2-7,10H,1,8H2,(H,16,19)(H,17,18)/t10-/m0/s1. The zero-order valence-electron chi connectivity index (χ0n) is 10.4. The highest BCUT2D eigenvalue weighted by molar-refractivity contribution is 5.81. The minimum Gasteiger partial charge on any atom is -0.480 e. The number of aliphatic carboxylic acids is 1. The largest absolute Gasteiger partial charge is 0.480 e. The van der Waals surface area contributed by atoms with Crippen molar-refractivity contribution < 1.29 is 28.2 Å². The summed E-state index contributed by atoms with van der Waals surface area (Å²) < 4.78 is 32.6. The average Bonchev–Trinajstić information content (AvgIpc) is 2.43. The van der Waals surface area contributed by atoms with Gasteiger partial charge in [-0.25, -0.2) is 9.59 Å². The van der Waals surface area contributed by atoms with Crippen molar-refractivity contribution in [3.63, 3.8) is 0 Å². The maximum atomic E-state index is 14.1. The van der Waals surface area contributed by atoms with E-state index in [1.165, 1.54) is 24.3 Å². The average molecular weight is 285 g/mol. The number of carbonyl (C=O) groups excluding carboxylic acids is 1. The van der Waals surface area contributed by atoms with Gasteiger partial charge in [0.05, 0.1) is 0 Å². The third kappa shape index (κ3) is 3.78. The first-order valence-corrected chi connectivity index (χ1v) is 5.60. The SMILES string of the molecule is C=CCOC(=O)N[C@@H](C(=O)O)C(F)(F)c1ccccc1. The zero-order valence-corrected chi connectivity index (χ0v) is 10.4. The fourth-order valence-corrected chi connectivity index (χ4v) is 1.43. The van der Waals surface area contributed by atoms with Gasteiger partial charge in [0.1, 0.15) is 6.61 Å². The van der Waals surface area contributed by atoms with Crippen LogP contribution in [0, 0.1) is 0 Å². The van der Waals surface area contributed by atoms with Gasteiger partial charge in [0.2, 0.25) is 0 Å². The van der Waals surface area contributed by atoms with Crippen molar-refractivity contribution in [2.75, 3.05) is 6.61 Å². The summed E-state index contributed by atoms with van der Waals surface area (Å²) in [6.07, 6.45) is -0.0297. The fraction of sp³-hybridized carbons (Fsp3) is 0.231. The molecule has 0 aromatic heterocycles. The lowest BCUT2D eigenvalue weighted by Crippen LogP contribution is -2.51. The summed E-state index contributed by atoms with van der Waals surface area (Å²) in [6.45, 7) is 3.06. The van der Waals surface area contributed by atoms with Crippen LogP contribution in [-0.2, 0) is 15.5 Å². The molecule has 0 bridgehead atoms. The normalized spacial score (nSPS) is 12.3. The van der Waals surface area contributed by atoms with Gasteiger partial charge in [-0.1, -0.05) is 43.0 Å². The quantitative estimate of drug-likeness (QED) is 0.785. The molecule has 0 aliphatic rings. The first-order chi connectivity index (χ1) is 9.39. The smallest absolute Gasteiger partial charge is 0.408 e. The summed E-state index contributed by atoms with van der Waals surface area (Å²) in [7, 11) is 0. The molecule has 5 nitrogen and oxygen atoms in total. The van der Waals surface area contributed by atoms with E-state index in [4.69, 9.17) is 5.11 Å². The number of rotatable bonds is 6. The van der Waals surface area contributed by atoms with Crippen LogP contribution in [0.3, 0.4) is 0 Å². The van der Waals surface area contributed by atoms with Gasteiger partial charge in [0.25, 0.3) is 0 Å². The molecule has 1 rings (SSSR count).